The minimum atomic E-state index is 0.314. The summed E-state index contributed by atoms with van der Waals surface area (Å²) in [6, 6.07) is 11.1. The molecule has 130 valence electrons. The monoisotopic (exact) mass is 326 g/mol. The van der Waals surface area contributed by atoms with E-state index < -0.39 is 0 Å². The van der Waals surface area contributed by atoms with E-state index >= 15 is 0 Å². The average Bonchev–Trinajstić information content (AvgIpc) is 3.20. The fourth-order valence-corrected chi connectivity index (χ4v) is 5.23. The molecule has 2 saturated carbocycles. The summed E-state index contributed by atoms with van der Waals surface area (Å²) in [6.07, 6.45) is 8.47. The predicted molar refractivity (Wildman–Crippen MR) is 96.4 cm³/mol. The van der Waals surface area contributed by atoms with Gasteiger partial charge in [0.1, 0.15) is 0 Å². The molecule has 1 N–H and O–H groups in total. The molecular formula is C21H30N2O. The number of carbonyl (C=O) groups is 1. The highest BCUT2D eigenvalue weighted by molar-refractivity contribution is 5.76. The molecule has 1 aliphatic heterocycles. The Balaban J connectivity index is 1.18. The summed E-state index contributed by atoms with van der Waals surface area (Å²) in [7, 11) is 0. The molecule has 2 aliphatic carbocycles. The SMILES string of the molecule is O=C(C[C@H]1C[C@H]2CC[C@H]1C2)NC1CCN(Cc2ccccc2)CC1. The molecule has 1 amide bonds. The highest BCUT2D eigenvalue weighted by Crippen LogP contribution is 2.49. The maximum Gasteiger partial charge on any atom is 0.220 e. The van der Waals surface area contributed by atoms with Crippen molar-refractivity contribution >= 4 is 5.91 Å². The van der Waals surface area contributed by atoms with Gasteiger partial charge in [-0.3, -0.25) is 9.69 Å². The molecule has 0 spiro atoms. The molecule has 1 saturated heterocycles. The number of rotatable bonds is 5. The number of carbonyl (C=O) groups excluding carboxylic acids is 1. The zero-order valence-electron chi connectivity index (χ0n) is 14.6. The average molecular weight is 326 g/mol. The Kier molecular flexibility index (Phi) is 4.88. The van der Waals surface area contributed by atoms with Gasteiger partial charge in [-0.15, -0.1) is 0 Å². The second-order valence-corrected chi connectivity index (χ2v) is 8.24. The smallest absolute Gasteiger partial charge is 0.220 e. The van der Waals surface area contributed by atoms with E-state index in [4.69, 9.17) is 0 Å². The van der Waals surface area contributed by atoms with Crippen LogP contribution in [0.4, 0.5) is 0 Å². The summed E-state index contributed by atoms with van der Waals surface area (Å²) in [5, 5.41) is 3.32. The topological polar surface area (TPSA) is 32.3 Å². The van der Waals surface area contributed by atoms with Crippen molar-refractivity contribution < 1.29 is 4.79 Å². The molecule has 1 heterocycles. The highest BCUT2D eigenvalue weighted by atomic mass is 16.1. The van der Waals surface area contributed by atoms with Crippen molar-refractivity contribution in [3.05, 3.63) is 35.9 Å². The third kappa shape index (κ3) is 3.83. The van der Waals surface area contributed by atoms with Crippen LogP contribution in [0.3, 0.4) is 0 Å². The zero-order chi connectivity index (χ0) is 16.4. The van der Waals surface area contributed by atoms with E-state index in [1.165, 1.54) is 31.2 Å². The largest absolute Gasteiger partial charge is 0.353 e. The standard InChI is InChI=1S/C21H30N2O/c24-21(14-19-13-17-6-7-18(19)12-17)22-20-8-10-23(11-9-20)15-16-4-2-1-3-5-16/h1-5,17-20H,6-15H2,(H,22,24)/t17-,18-,19+/m0/s1. The van der Waals surface area contributed by atoms with Gasteiger partial charge in [-0.25, -0.2) is 0 Å². The van der Waals surface area contributed by atoms with Crippen LogP contribution in [0.1, 0.15) is 50.5 Å². The van der Waals surface area contributed by atoms with E-state index in [-0.39, 0.29) is 0 Å². The highest BCUT2D eigenvalue weighted by Gasteiger charge is 2.40. The molecule has 3 heteroatoms. The second-order valence-electron chi connectivity index (χ2n) is 8.24. The van der Waals surface area contributed by atoms with Gasteiger partial charge in [0, 0.05) is 32.1 Å². The quantitative estimate of drug-likeness (QED) is 0.897. The number of nitrogens with one attached hydrogen (secondary N) is 1. The van der Waals surface area contributed by atoms with Gasteiger partial charge in [0.15, 0.2) is 0 Å². The Morgan fingerprint density at radius 2 is 1.83 bits per heavy atom. The molecule has 3 fully saturated rings. The van der Waals surface area contributed by atoms with Gasteiger partial charge in [0.25, 0.3) is 0 Å². The van der Waals surface area contributed by atoms with Crippen molar-refractivity contribution in [2.45, 2.75) is 57.5 Å². The lowest BCUT2D eigenvalue weighted by atomic mass is 9.86. The van der Waals surface area contributed by atoms with Crippen LogP contribution in [0.15, 0.2) is 30.3 Å². The van der Waals surface area contributed by atoms with Crippen LogP contribution in [0.5, 0.6) is 0 Å². The number of fused-ring (bicyclic) bond motifs is 2. The van der Waals surface area contributed by atoms with Gasteiger partial charge < -0.3 is 5.32 Å². The summed E-state index contributed by atoms with van der Waals surface area (Å²) in [5.41, 5.74) is 1.39. The lowest BCUT2D eigenvalue weighted by Gasteiger charge is -2.32. The van der Waals surface area contributed by atoms with Crippen molar-refractivity contribution in [2.24, 2.45) is 17.8 Å². The molecule has 3 atom stereocenters. The number of benzene rings is 1. The second kappa shape index (κ2) is 7.26. The Morgan fingerprint density at radius 3 is 2.50 bits per heavy atom. The van der Waals surface area contributed by atoms with Crippen LogP contribution in [0, 0.1) is 17.8 Å². The predicted octanol–water partition coefficient (Wildman–Crippen LogP) is 3.59. The fraction of sp³-hybridized carbons (Fsp3) is 0.667. The van der Waals surface area contributed by atoms with E-state index in [0.29, 0.717) is 17.9 Å². The maximum absolute atomic E-state index is 12.4. The molecule has 4 rings (SSSR count). The minimum Gasteiger partial charge on any atom is -0.353 e. The third-order valence-electron chi connectivity index (χ3n) is 6.53. The lowest BCUT2D eigenvalue weighted by molar-refractivity contribution is -0.123. The fourth-order valence-electron chi connectivity index (χ4n) is 5.23. The van der Waals surface area contributed by atoms with Crippen LogP contribution in [0.2, 0.25) is 0 Å². The number of nitrogens with zero attached hydrogens (tertiary/aromatic N) is 1. The van der Waals surface area contributed by atoms with Crippen molar-refractivity contribution in [1.29, 1.82) is 0 Å². The van der Waals surface area contributed by atoms with E-state index in [1.807, 2.05) is 0 Å². The normalized spacial score (nSPS) is 30.6. The van der Waals surface area contributed by atoms with Gasteiger partial charge in [0.05, 0.1) is 0 Å². The third-order valence-corrected chi connectivity index (χ3v) is 6.53. The summed E-state index contributed by atoms with van der Waals surface area (Å²) < 4.78 is 0. The molecule has 0 unspecified atom stereocenters. The van der Waals surface area contributed by atoms with Crippen molar-refractivity contribution in [1.82, 2.24) is 10.2 Å². The van der Waals surface area contributed by atoms with E-state index in [2.05, 4.69) is 40.5 Å². The van der Waals surface area contributed by atoms with Crippen LogP contribution >= 0.6 is 0 Å². The molecule has 3 nitrogen and oxygen atoms in total. The number of hydrogen-bond acceptors (Lipinski definition) is 2. The molecule has 0 aromatic heterocycles. The first-order chi connectivity index (χ1) is 11.8. The molecular weight excluding hydrogens is 296 g/mol. The first-order valence-electron chi connectivity index (χ1n) is 9.82. The maximum atomic E-state index is 12.4. The summed E-state index contributed by atoms with van der Waals surface area (Å²) >= 11 is 0. The van der Waals surface area contributed by atoms with E-state index in [9.17, 15) is 4.79 Å². The minimum absolute atomic E-state index is 0.314. The first-order valence-corrected chi connectivity index (χ1v) is 9.82. The summed E-state index contributed by atoms with van der Waals surface area (Å²) in [4.78, 5) is 14.9. The van der Waals surface area contributed by atoms with E-state index in [0.717, 1.165) is 50.7 Å². The summed E-state index contributed by atoms with van der Waals surface area (Å²) in [6.45, 7) is 3.22. The number of piperidine rings is 1. The number of amides is 1. The molecule has 1 aromatic rings. The van der Waals surface area contributed by atoms with Gasteiger partial charge in [-0.2, -0.15) is 0 Å². The van der Waals surface area contributed by atoms with Gasteiger partial charge >= 0.3 is 0 Å². The van der Waals surface area contributed by atoms with Crippen LogP contribution < -0.4 is 5.32 Å². The molecule has 1 aromatic carbocycles. The van der Waals surface area contributed by atoms with Gasteiger partial charge in [-0.1, -0.05) is 36.8 Å². The van der Waals surface area contributed by atoms with Gasteiger partial charge in [-0.05, 0) is 55.4 Å². The molecule has 0 radical (unpaired) electrons. The van der Waals surface area contributed by atoms with Crippen LogP contribution in [0.25, 0.3) is 0 Å². The van der Waals surface area contributed by atoms with Crippen LogP contribution in [-0.4, -0.2) is 29.9 Å². The number of likely N-dealkylation sites (tertiary alicyclic amines) is 1. The Labute approximate surface area is 145 Å². The molecule has 2 bridgehead atoms. The van der Waals surface area contributed by atoms with E-state index in [1.54, 1.807) is 0 Å². The van der Waals surface area contributed by atoms with Crippen molar-refractivity contribution in [3.63, 3.8) is 0 Å². The molecule has 24 heavy (non-hydrogen) atoms. The zero-order valence-corrected chi connectivity index (χ0v) is 14.6. The summed E-state index contributed by atoms with van der Waals surface area (Å²) in [5.74, 6) is 2.79. The Hall–Kier alpha value is -1.35. The first kappa shape index (κ1) is 16.1. The van der Waals surface area contributed by atoms with Crippen LogP contribution in [-0.2, 0) is 11.3 Å². The van der Waals surface area contributed by atoms with Crippen molar-refractivity contribution in [3.8, 4) is 0 Å². The lowest BCUT2D eigenvalue weighted by Crippen LogP contribution is -2.44. The number of hydrogen-bond donors (Lipinski definition) is 1. The molecule has 3 aliphatic rings. The van der Waals surface area contributed by atoms with Crippen molar-refractivity contribution in [2.75, 3.05) is 13.1 Å². The Bertz CT molecular complexity index is 550. The van der Waals surface area contributed by atoms with Gasteiger partial charge in [0.2, 0.25) is 5.91 Å². The Morgan fingerprint density at radius 1 is 1.04 bits per heavy atom.